The number of nitrogens with two attached hydrogens (primary N) is 1. The molecule has 1 aromatic heterocycles. The van der Waals surface area contributed by atoms with E-state index in [1.54, 1.807) is 7.11 Å². The van der Waals surface area contributed by atoms with E-state index in [0.717, 1.165) is 31.4 Å². The lowest BCUT2D eigenvalue weighted by Crippen LogP contribution is -2.33. The number of aromatic nitrogens is 2. The normalized spacial score (nSPS) is 24.4. The van der Waals surface area contributed by atoms with Gasteiger partial charge in [-0.2, -0.15) is 4.98 Å². The summed E-state index contributed by atoms with van der Waals surface area (Å²) in [5.41, 5.74) is 6.79. The first-order valence-electron chi connectivity index (χ1n) is 6.09. The molecule has 0 aromatic carbocycles. The van der Waals surface area contributed by atoms with Gasteiger partial charge in [-0.15, -0.1) is 0 Å². The monoisotopic (exact) mass is 236 g/mol. The third-order valence-electron chi connectivity index (χ3n) is 3.14. The van der Waals surface area contributed by atoms with Crippen molar-refractivity contribution in [3.8, 4) is 5.88 Å². The second-order valence-electron chi connectivity index (χ2n) is 4.63. The molecule has 17 heavy (non-hydrogen) atoms. The molecule has 1 heterocycles. The number of nitrogens with one attached hydrogen (secondary N) is 1. The molecule has 0 bridgehead atoms. The largest absolute Gasteiger partial charge is 0.481 e. The Bertz CT molecular complexity index is 375. The number of rotatable bonds is 3. The highest BCUT2D eigenvalue weighted by molar-refractivity contribution is 5.31. The average molecular weight is 236 g/mol. The van der Waals surface area contributed by atoms with Crippen LogP contribution in [0.15, 0.2) is 6.07 Å². The summed E-state index contributed by atoms with van der Waals surface area (Å²) in [6.07, 6.45) is 4.31. The number of aryl methyl sites for hydroxylation is 1. The molecule has 0 atom stereocenters. The van der Waals surface area contributed by atoms with Crippen molar-refractivity contribution < 1.29 is 4.74 Å². The Morgan fingerprint density at radius 2 is 2.00 bits per heavy atom. The zero-order valence-electron chi connectivity index (χ0n) is 10.4. The summed E-state index contributed by atoms with van der Waals surface area (Å²) in [6, 6.07) is 2.62. The molecule has 0 unspecified atom stereocenters. The fraction of sp³-hybridized carbons (Fsp3) is 0.667. The van der Waals surface area contributed by atoms with Gasteiger partial charge in [0.25, 0.3) is 0 Å². The zero-order valence-corrected chi connectivity index (χ0v) is 10.4. The molecule has 2 rings (SSSR count). The first-order chi connectivity index (χ1) is 8.17. The maximum Gasteiger partial charge on any atom is 0.226 e. The maximum atomic E-state index is 5.88. The molecule has 0 saturated heterocycles. The van der Waals surface area contributed by atoms with Crippen LogP contribution in [0.1, 0.15) is 31.4 Å². The van der Waals surface area contributed by atoms with Gasteiger partial charge in [-0.25, -0.2) is 4.98 Å². The van der Waals surface area contributed by atoms with Crippen molar-refractivity contribution in [1.29, 1.82) is 0 Å². The highest BCUT2D eigenvalue weighted by Crippen LogP contribution is 2.20. The van der Waals surface area contributed by atoms with E-state index in [1.165, 1.54) is 0 Å². The van der Waals surface area contributed by atoms with E-state index in [9.17, 15) is 0 Å². The Labute approximate surface area is 102 Å². The second kappa shape index (κ2) is 5.31. The quantitative estimate of drug-likeness (QED) is 0.831. The SMILES string of the molecule is COc1cc(C)nc(NC2CCC(N)CC2)n1. The number of methoxy groups -OCH3 is 1. The van der Waals surface area contributed by atoms with E-state index < -0.39 is 0 Å². The fourth-order valence-electron chi connectivity index (χ4n) is 2.15. The van der Waals surface area contributed by atoms with Crippen molar-refractivity contribution in [3.05, 3.63) is 11.8 Å². The molecule has 0 spiro atoms. The van der Waals surface area contributed by atoms with Gasteiger partial charge >= 0.3 is 0 Å². The third-order valence-corrected chi connectivity index (χ3v) is 3.14. The van der Waals surface area contributed by atoms with Gasteiger partial charge in [0.1, 0.15) is 0 Å². The first-order valence-corrected chi connectivity index (χ1v) is 6.09. The van der Waals surface area contributed by atoms with E-state index in [-0.39, 0.29) is 0 Å². The van der Waals surface area contributed by atoms with Gasteiger partial charge < -0.3 is 15.8 Å². The number of anilines is 1. The predicted octanol–water partition coefficient (Wildman–Crippen LogP) is 1.48. The molecule has 1 saturated carbocycles. The molecule has 3 N–H and O–H groups in total. The lowest BCUT2D eigenvalue weighted by Gasteiger charge is -2.26. The van der Waals surface area contributed by atoms with Gasteiger partial charge in [-0.1, -0.05) is 0 Å². The number of nitrogens with zero attached hydrogens (tertiary/aromatic N) is 2. The summed E-state index contributed by atoms with van der Waals surface area (Å²) in [6.45, 7) is 1.94. The summed E-state index contributed by atoms with van der Waals surface area (Å²) < 4.78 is 5.13. The third kappa shape index (κ3) is 3.30. The molecule has 0 radical (unpaired) electrons. The first kappa shape index (κ1) is 12.1. The molecule has 1 aliphatic rings. The van der Waals surface area contributed by atoms with Gasteiger partial charge in [0.05, 0.1) is 7.11 Å². The molecule has 5 nitrogen and oxygen atoms in total. The Hall–Kier alpha value is -1.36. The molecule has 94 valence electrons. The van der Waals surface area contributed by atoms with Gasteiger partial charge in [-0.3, -0.25) is 0 Å². The standard InChI is InChI=1S/C12H20N4O/c1-8-7-11(17-2)16-12(14-8)15-10-5-3-9(13)4-6-10/h7,9-10H,3-6,13H2,1-2H3,(H,14,15,16). The second-order valence-corrected chi connectivity index (χ2v) is 4.63. The Kier molecular flexibility index (Phi) is 3.78. The van der Waals surface area contributed by atoms with Gasteiger partial charge in [-0.05, 0) is 32.6 Å². The van der Waals surface area contributed by atoms with Crippen molar-refractivity contribution in [2.75, 3.05) is 12.4 Å². The summed E-state index contributed by atoms with van der Waals surface area (Å²) in [5.74, 6) is 1.26. The molecule has 1 fully saturated rings. The number of hydrogen-bond donors (Lipinski definition) is 2. The summed E-state index contributed by atoms with van der Waals surface area (Å²) in [7, 11) is 1.62. The topological polar surface area (TPSA) is 73.1 Å². The van der Waals surface area contributed by atoms with Crippen LogP contribution in [0.5, 0.6) is 5.88 Å². The summed E-state index contributed by atoms with van der Waals surface area (Å²) >= 11 is 0. The molecular weight excluding hydrogens is 216 g/mol. The summed E-state index contributed by atoms with van der Waals surface area (Å²) in [5, 5.41) is 3.36. The van der Waals surface area contributed by atoms with Gasteiger partial charge in [0.2, 0.25) is 11.8 Å². The van der Waals surface area contributed by atoms with E-state index in [0.29, 0.717) is 23.9 Å². The van der Waals surface area contributed by atoms with Crippen molar-refractivity contribution in [2.24, 2.45) is 5.73 Å². The molecule has 1 aliphatic carbocycles. The molecular formula is C12H20N4O. The Balaban J connectivity index is 2.00. The van der Waals surface area contributed by atoms with Crippen molar-refractivity contribution in [1.82, 2.24) is 9.97 Å². The van der Waals surface area contributed by atoms with Crippen LogP contribution in [-0.2, 0) is 0 Å². The predicted molar refractivity (Wildman–Crippen MR) is 67.2 cm³/mol. The van der Waals surface area contributed by atoms with E-state index in [2.05, 4.69) is 15.3 Å². The van der Waals surface area contributed by atoms with E-state index in [4.69, 9.17) is 10.5 Å². The van der Waals surface area contributed by atoms with Crippen molar-refractivity contribution >= 4 is 5.95 Å². The Morgan fingerprint density at radius 1 is 1.29 bits per heavy atom. The molecule has 1 aromatic rings. The minimum absolute atomic E-state index is 0.362. The molecule has 0 amide bonds. The van der Waals surface area contributed by atoms with E-state index >= 15 is 0 Å². The smallest absolute Gasteiger partial charge is 0.226 e. The number of ether oxygens (including phenoxy) is 1. The van der Waals surface area contributed by atoms with Crippen LogP contribution >= 0.6 is 0 Å². The number of hydrogen-bond acceptors (Lipinski definition) is 5. The Morgan fingerprint density at radius 3 is 2.65 bits per heavy atom. The van der Waals surface area contributed by atoms with Crippen LogP contribution in [0, 0.1) is 6.92 Å². The van der Waals surface area contributed by atoms with Crippen LogP contribution in [-0.4, -0.2) is 29.2 Å². The lowest BCUT2D eigenvalue weighted by molar-refractivity contribution is 0.393. The van der Waals surface area contributed by atoms with Gasteiger partial charge in [0, 0.05) is 23.8 Å². The minimum Gasteiger partial charge on any atom is -0.481 e. The van der Waals surface area contributed by atoms with Crippen LogP contribution in [0.2, 0.25) is 0 Å². The summed E-state index contributed by atoms with van der Waals surface area (Å²) in [4.78, 5) is 8.65. The van der Waals surface area contributed by atoms with Crippen LogP contribution < -0.4 is 15.8 Å². The molecule has 0 aliphatic heterocycles. The van der Waals surface area contributed by atoms with E-state index in [1.807, 2.05) is 13.0 Å². The van der Waals surface area contributed by atoms with Crippen molar-refractivity contribution in [3.63, 3.8) is 0 Å². The average Bonchev–Trinajstić information content (AvgIpc) is 2.31. The lowest BCUT2D eigenvalue weighted by atomic mass is 9.92. The minimum atomic E-state index is 0.362. The van der Waals surface area contributed by atoms with Gasteiger partial charge in [0.15, 0.2) is 0 Å². The van der Waals surface area contributed by atoms with Crippen LogP contribution in [0.25, 0.3) is 0 Å². The van der Waals surface area contributed by atoms with Crippen LogP contribution in [0.4, 0.5) is 5.95 Å². The fourth-order valence-corrected chi connectivity index (χ4v) is 2.15. The highest BCUT2D eigenvalue weighted by atomic mass is 16.5. The van der Waals surface area contributed by atoms with Crippen LogP contribution in [0.3, 0.4) is 0 Å². The molecule has 5 heteroatoms. The van der Waals surface area contributed by atoms with Crippen molar-refractivity contribution in [2.45, 2.75) is 44.7 Å². The highest BCUT2D eigenvalue weighted by Gasteiger charge is 2.19. The maximum absolute atomic E-state index is 5.88. The zero-order chi connectivity index (χ0) is 12.3.